The molecule has 1 fully saturated rings. The van der Waals surface area contributed by atoms with E-state index >= 15 is 0 Å². The van der Waals surface area contributed by atoms with Gasteiger partial charge < -0.3 is 0 Å². The van der Waals surface area contributed by atoms with Gasteiger partial charge in [-0.2, -0.15) is 21.0 Å². The van der Waals surface area contributed by atoms with Crippen LogP contribution in [0.5, 0.6) is 0 Å². The molecule has 2 rings (SSSR count). The van der Waals surface area contributed by atoms with Crippen molar-refractivity contribution in [2.75, 3.05) is 0 Å². The molecule has 1 saturated carbocycles. The Hall–Kier alpha value is -2.47. The molecule has 0 bridgehead atoms. The van der Waals surface area contributed by atoms with Crippen molar-refractivity contribution in [3.63, 3.8) is 0 Å². The fraction of sp³-hybridized carbons (Fsp3) is 0.286. The molecule has 0 aliphatic heterocycles. The van der Waals surface area contributed by atoms with Crippen LogP contribution in [0, 0.1) is 56.2 Å². The van der Waals surface area contributed by atoms with Gasteiger partial charge >= 0.3 is 0 Å². The first-order chi connectivity index (χ1) is 9.18. The van der Waals surface area contributed by atoms with Crippen LogP contribution < -0.4 is 0 Å². The highest BCUT2D eigenvalue weighted by Crippen LogP contribution is 2.61. The average molecular weight is 264 g/mol. The minimum absolute atomic E-state index is 0.237. The van der Waals surface area contributed by atoms with Crippen molar-refractivity contribution in [2.45, 2.75) is 16.6 Å². The van der Waals surface area contributed by atoms with Gasteiger partial charge in [0.25, 0.3) is 0 Å². The van der Waals surface area contributed by atoms with Gasteiger partial charge in [-0.25, -0.2) is 0 Å². The van der Waals surface area contributed by atoms with Crippen LogP contribution in [-0.4, -0.2) is 5.25 Å². The molecular formula is C14H8N4S. The van der Waals surface area contributed by atoms with Crippen LogP contribution in [0.25, 0.3) is 0 Å². The van der Waals surface area contributed by atoms with E-state index in [1.165, 1.54) is 11.8 Å². The summed E-state index contributed by atoms with van der Waals surface area (Å²) in [5.41, 5.74) is -3.07. The zero-order valence-corrected chi connectivity index (χ0v) is 10.7. The summed E-state index contributed by atoms with van der Waals surface area (Å²) in [6.07, 6.45) is 0.237. The first-order valence-corrected chi connectivity index (χ1v) is 6.43. The Bertz CT molecular complexity index is 626. The van der Waals surface area contributed by atoms with Crippen molar-refractivity contribution in [3.05, 3.63) is 30.3 Å². The van der Waals surface area contributed by atoms with E-state index in [1.807, 2.05) is 54.6 Å². The van der Waals surface area contributed by atoms with Gasteiger partial charge in [0.2, 0.25) is 0 Å². The summed E-state index contributed by atoms with van der Waals surface area (Å²) < 4.78 is 0. The molecule has 1 aromatic rings. The minimum atomic E-state index is -1.56. The Labute approximate surface area is 115 Å². The van der Waals surface area contributed by atoms with Gasteiger partial charge in [0.1, 0.15) is 0 Å². The van der Waals surface area contributed by atoms with Gasteiger partial charge in [-0.15, -0.1) is 11.8 Å². The summed E-state index contributed by atoms with van der Waals surface area (Å²) in [7, 11) is 0. The number of hydrogen-bond donors (Lipinski definition) is 0. The van der Waals surface area contributed by atoms with E-state index in [0.717, 1.165) is 4.90 Å². The molecule has 90 valence electrons. The second-order valence-corrected chi connectivity index (χ2v) is 5.56. The number of nitriles is 4. The fourth-order valence-corrected chi connectivity index (χ4v) is 3.64. The average Bonchev–Trinajstić information content (AvgIpc) is 2.46. The van der Waals surface area contributed by atoms with E-state index in [4.69, 9.17) is 10.5 Å². The van der Waals surface area contributed by atoms with Crippen molar-refractivity contribution in [1.29, 1.82) is 21.0 Å². The van der Waals surface area contributed by atoms with E-state index in [1.54, 1.807) is 0 Å². The smallest absolute Gasteiger partial charge is 0.187 e. The van der Waals surface area contributed by atoms with Crippen molar-refractivity contribution >= 4 is 11.8 Å². The van der Waals surface area contributed by atoms with Crippen molar-refractivity contribution in [2.24, 2.45) is 10.8 Å². The first kappa shape index (κ1) is 13.0. The van der Waals surface area contributed by atoms with Gasteiger partial charge in [-0.3, -0.25) is 0 Å². The molecular weight excluding hydrogens is 256 g/mol. The number of rotatable bonds is 2. The second kappa shape index (κ2) is 4.66. The minimum Gasteiger partial charge on any atom is -0.196 e. The largest absolute Gasteiger partial charge is 0.196 e. The zero-order chi connectivity index (χ0) is 13.9. The lowest BCUT2D eigenvalue weighted by Gasteiger charge is -2.48. The van der Waals surface area contributed by atoms with E-state index in [2.05, 4.69) is 0 Å². The standard InChI is InChI=1S/C14H8N4S/c15-7-13(8-16)6-12(14(13,9-17)10-18)19-11-4-2-1-3-5-11/h1-5,12H,6H2. The molecule has 1 aromatic carbocycles. The monoisotopic (exact) mass is 264 g/mol. The Morgan fingerprint density at radius 1 is 0.947 bits per heavy atom. The molecule has 0 spiro atoms. The van der Waals surface area contributed by atoms with E-state index in [0.29, 0.717) is 0 Å². The van der Waals surface area contributed by atoms with Crippen molar-refractivity contribution in [3.8, 4) is 24.3 Å². The summed E-state index contributed by atoms with van der Waals surface area (Å²) in [5, 5.41) is 36.5. The molecule has 1 atom stereocenters. The molecule has 1 aliphatic carbocycles. The Kier molecular flexibility index (Phi) is 3.18. The van der Waals surface area contributed by atoms with Crippen LogP contribution >= 0.6 is 11.8 Å². The highest BCUT2D eigenvalue weighted by Gasteiger charge is 2.69. The third-order valence-electron chi connectivity index (χ3n) is 3.40. The van der Waals surface area contributed by atoms with E-state index < -0.39 is 10.8 Å². The fourth-order valence-electron chi connectivity index (χ4n) is 2.18. The number of benzene rings is 1. The topological polar surface area (TPSA) is 95.2 Å². The van der Waals surface area contributed by atoms with Crippen LogP contribution in [0.2, 0.25) is 0 Å². The maximum atomic E-state index is 9.29. The maximum absolute atomic E-state index is 9.29. The number of thioether (sulfide) groups is 1. The summed E-state index contributed by atoms with van der Waals surface area (Å²) >= 11 is 1.37. The molecule has 0 radical (unpaired) electrons. The summed E-state index contributed by atoms with van der Waals surface area (Å²) in [4.78, 5) is 0.923. The molecule has 1 unspecified atom stereocenters. The third kappa shape index (κ3) is 1.65. The predicted molar refractivity (Wildman–Crippen MR) is 68.0 cm³/mol. The Balaban J connectivity index is 2.33. The van der Waals surface area contributed by atoms with Gasteiger partial charge in [-0.1, -0.05) is 18.2 Å². The lowest BCUT2D eigenvalue weighted by Crippen LogP contribution is -2.57. The molecule has 0 N–H and O–H groups in total. The van der Waals surface area contributed by atoms with Crippen LogP contribution in [0.15, 0.2) is 35.2 Å². The van der Waals surface area contributed by atoms with Crippen LogP contribution in [-0.2, 0) is 0 Å². The molecule has 0 saturated heterocycles. The number of hydrogen-bond acceptors (Lipinski definition) is 5. The highest BCUT2D eigenvalue weighted by atomic mass is 32.2. The van der Waals surface area contributed by atoms with Gasteiger partial charge in [0.05, 0.1) is 24.3 Å². The quantitative estimate of drug-likeness (QED) is 0.818. The molecule has 0 heterocycles. The molecule has 5 heteroatoms. The Morgan fingerprint density at radius 3 is 2.00 bits per heavy atom. The van der Waals surface area contributed by atoms with Crippen molar-refractivity contribution in [1.82, 2.24) is 0 Å². The Morgan fingerprint density at radius 2 is 1.53 bits per heavy atom. The lowest BCUT2D eigenvalue weighted by atomic mass is 9.51. The van der Waals surface area contributed by atoms with Gasteiger partial charge in [0, 0.05) is 10.1 Å². The van der Waals surface area contributed by atoms with Crippen LogP contribution in [0.4, 0.5) is 0 Å². The molecule has 1 aliphatic rings. The van der Waals surface area contributed by atoms with Crippen LogP contribution in [0.3, 0.4) is 0 Å². The highest BCUT2D eigenvalue weighted by molar-refractivity contribution is 8.00. The summed E-state index contributed by atoms with van der Waals surface area (Å²) in [5.74, 6) is 0. The SMILES string of the molecule is N#CC1(C#N)CC(Sc2ccccc2)C1(C#N)C#N. The van der Waals surface area contributed by atoms with Crippen LogP contribution in [0.1, 0.15) is 6.42 Å². The molecule has 0 aromatic heterocycles. The van der Waals surface area contributed by atoms with E-state index in [-0.39, 0.29) is 11.7 Å². The third-order valence-corrected chi connectivity index (χ3v) is 4.75. The van der Waals surface area contributed by atoms with E-state index in [9.17, 15) is 10.5 Å². The summed E-state index contributed by atoms with van der Waals surface area (Å²) in [6.45, 7) is 0. The molecule has 0 amide bonds. The predicted octanol–water partition coefficient (Wildman–Crippen LogP) is 2.62. The molecule has 19 heavy (non-hydrogen) atoms. The van der Waals surface area contributed by atoms with Gasteiger partial charge in [-0.05, 0) is 18.6 Å². The van der Waals surface area contributed by atoms with Crippen molar-refractivity contribution < 1.29 is 0 Å². The van der Waals surface area contributed by atoms with Gasteiger partial charge in [0.15, 0.2) is 10.8 Å². The lowest BCUT2D eigenvalue weighted by molar-refractivity contribution is 0.151. The first-order valence-electron chi connectivity index (χ1n) is 5.55. The number of nitrogens with zero attached hydrogens (tertiary/aromatic N) is 4. The second-order valence-electron chi connectivity index (χ2n) is 4.28. The maximum Gasteiger partial charge on any atom is 0.187 e. The summed E-state index contributed by atoms with van der Waals surface area (Å²) in [6, 6.07) is 16.9. The molecule has 4 nitrogen and oxygen atoms in total. The normalized spacial score (nSPS) is 21.8. The zero-order valence-electron chi connectivity index (χ0n) is 9.87.